The van der Waals surface area contributed by atoms with E-state index in [-0.39, 0.29) is 0 Å². The molecule has 0 radical (unpaired) electrons. The van der Waals surface area contributed by atoms with Gasteiger partial charge in [-0.05, 0) is 32.1 Å². The number of amidine groups is 1. The van der Waals surface area contributed by atoms with Gasteiger partial charge in [0, 0.05) is 12.4 Å². The molecule has 0 aromatic heterocycles. The first-order chi connectivity index (χ1) is 8.33. The molecule has 2 heterocycles. The highest BCUT2D eigenvalue weighted by molar-refractivity contribution is 8.13. The van der Waals surface area contributed by atoms with Crippen molar-refractivity contribution in [3.8, 4) is 0 Å². The Hall–Kier alpha value is -0.220. The minimum Gasteiger partial charge on any atom is -0.376 e. The predicted molar refractivity (Wildman–Crippen MR) is 72.6 cm³/mol. The second-order valence-corrected chi connectivity index (χ2v) is 6.48. The summed E-state index contributed by atoms with van der Waals surface area (Å²) < 4.78 is 5.59. The van der Waals surface area contributed by atoms with Crippen LogP contribution in [-0.2, 0) is 4.74 Å². The first-order valence-electron chi connectivity index (χ1n) is 6.91. The Morgan fingerprint density at radius 2 is 2.18 bits per heavy atom. The molecule has 17 heavy (non-hydrogen) atoms. The molecule has 0 aromatic carbocycles. The van der Waals surface area contributed by atoms with Crippen molar-refractivity contribution in [1.82, 2.24) is 5.32 Å². The summed E-state index contributed by atoms with van der Waals surface area (Å²) in [5.74, 6) is 2.11. The molecule has 3 aliphatic rings. The van der Waals surface area contributed by atoms with Gasteiger partial charge >= 0.3 is 0 Å². The maximum Gasteiger partial charge on any atom is 0.157 e. The average molecular weight is 254 g/mol. The van der Waals surface area contributed by atoms with E-state index < -0.39 is 0 Å². The van der Waals surface area contributed by atoms with E-state index in [0.29, 0.717) is 18.2 Å². The van der Waals surface area contributed by atoms with Gasteiger partial charge in [-0.1, -0.05) is 24.6 Å². The lowest BCUT2D eigenvalue weighted by Crippen LogP contribution is -2.41. The van der Waals surface area contributed by atoms with Crippen molar-refractivity contribution in [3.63, 3.8) is 0 Å². The lowest BCUT2D eigenvalue weighted by molar-refractivity contribution is 0.116. The van der Waals surface area contributed by atoms with Crippen molar-refractivity contribution < 1.29 is 4.74 Å². The van der Waals surface area contributed by atoms with E-state index >= 15 is 0 Å². The zero-order valence-corrected chi connectivity index (χ0v) is 11.3. The maximum absolute atomic E-state index is 5.59. The Morgan fingerprint density at radius 3 is 3.00 bits per heavy atom. The van der Waals surface area contributed by atoms with Crippen LogP contribution in [0.4, 0.5) is 0 Å². The highest BCUT2D eigenvalue weighted by atomic mass is 32.2. The van der Waals surface area contributed by atoms with Crippen molar-refractivity contribution in [2.24, 2.45) is 10.9 Å². The van der Waals surface area contributed by atoms with E-state index in [4.69, 9.17) is 9.73 Å². The van der Waals surface area contributed by atoms with Gasteiger partial charge in [-0.2, -0.15) is 0 Å². The third-order valence-electron chi connectivity index (χ3n) is 4.27. The van der Waals surface area contributed by atoms with Crippen LogP contribution in [0.15, 0.2) is 4.99 Å². The molecule has 1 saturated carbocycles. The van der Waals surface area contributed by atoms with Crippen molar-refractivity contribution in [2.45, 2.75) is 57.2 Å². The van der Waals surface area contributed by atoms with Gasteiger partial charge in [0.2, 0.25) is 0 Å². The summed E-state index contributed by atoms with van der Waals surface area (Å²) in [6.07, 6.45) is 6.92. The minimum absolute atomic E-state index is 0.336. The molecule has 1 N–H and O–H groups in total. The Balaban J connectivity index is 1.61. The van der Waals surface area contributed by atoms with Gasteiger partial charge in [-0.3, -0.25) is 4.99 Å². The number of fused-ring (bicyclic) bond motifs is 1. The van der Waals surface area contributed by atoms with Crippen molar-refractivity contribution in [3.05, 3.63) is 0 Å². The van der Waals surface area contributed by atoms with E-state index in [0.717, 1.165) is 18.9 Å². The summed E-state index contributed by atoms with van der Waals surface area (Å²) in [7, 11) is 0. The number of nitrogens with one attached hydrogen (secondary N) is 1. The van der Waals surface area contributed by atoms with Gasteiger partial charge in [-0.25, -0.2) is 0 Å². The molecular weight excluding hydrogens is 232 g/mol. The monoisotopic (exact) mass is 254 g/mol. The van der Waals surface area contributed by atoms with Gasteiger partial charge in [0.15, 0.2) is 5.17 Å². The minimum atomic E-state index is 0.336. The summed E-state index contributed by atoms with van der Waals surface area (Å²) in [5, 5.41) is 4.76. The second-order valence-electron chi connectivity index (χ2n) is 5.47. The Labute approximate surface area is 108 Å². The molecule has 3 nitrogen and oxygen atoms in total. The van der Waals surface area contributed by atoms with Gasteiger partial charge in [-0.15, -0.1) is 0 Å². The van der Waals surface area contributed by atoms with Crippen LogP contribution in [0.3, 0.4) is 0 Å². The number of ether oxygens (including phenoxy) is 1. The summed E-state index contributed by atoms with van der Waals surface area (Å²) in [6, 6.07) is 1.08. The van der Waals surface area contributed by atoms with E-state index in [1.807, 2.05) is 11.8 Å². The van der Waals surface area contributed by atoms with Crippen LogP contribution in [0, 0.1) is 5.92 Å². The van der Waals surface area contributed by atoms with E-state index in [1.54, 1.807) is 0 Å². The molecule has 4 atom stereocenters. The normalized spacial score (nSPS) is 41.8. The summed E-state index contributed by atoms with van der Waals surface area (Å²) in [4.78, 5) is 4.91. The third kappa shape index (κ3) is 2.63. The summed E-state index contributed by atoms with van der Waals surface area (Å²) in [5.41, 5.74) is 0. The molecule has 0 amide bonds. The smallest absolute Gasteiger partial charge is 0.157 e. The lowest BCUT2D eigenvalue weighted by atomic mass is 9.86. The fourth-order valence-electron chi connectivity index (χ4n) is 3.09. The standard InChI is InChI=1S/C13H22N2OS/c1-9-11(6-7-16-9)14-13-15-12-5-3-2-4-10(12)8-17-13/h9-12H,2-8H2,1H3,(H,14,15). The molecule has 4 heteroatoms. The van der Waals surface area contributed by atoms with E-state index in [1.165, 1.54) is 36.6 Å². The highest BCUT2D eigenvalue weighted by Crippen LogP contribution is 2.33. The third-order valence-corrected chi connectivity index (χ3v) is 5.36. The van der Waals surface area contributed by atoms with Crippen molar-refractivity contribution in [2.75, 3.05) is 12.4 Å². The number of thioether (sulfide) groups is 1. The summed E-state index contributed by atoms with van der Waals surface area (Å²) >= 11 is 1.92. The average Bonchev–Trinajstić information content (AvgIpc) is 2.75. The Morgan fingerprint density at radius 1 is 1.29 bits per heavy atom. The molecule has 0 spiro atoms. The number of hydrogen-bond donors (Lipinski definition) is 1. The molecule has 2 aliphatic heterocycles. The van der Waals surface area contributed by atoms with E-state index in [2.05, 4.69) is 12.2 Å². The van der Waals surface area contributed by atoms with Crippen LogP contribution < -0.4 is 5.32 Å². The molecule has 0 bridgehead atoms. The zero-order chi connectivity index (χ0) is 11.7. The molecule has 1 saturated heterocycles. The fraction of sp³-hybridized carbons (Fsp3) is 0.923. The molecule has 0 aromatic rings. The van der Waals surface area contributed by atoms with Gasteiger partial charge in [0.25, 0.3) is 0 Å². The number of aliphatic imine (C=N–C) groups is 1. The molecule has 2 fully saturated rings. The van der Waals surface area contributed by atoms with Crippen molar-refractivity contribution >= 4 is 16.9 Å². The zero-order valence-electron chi connectivity index (χ0n) is 10.5. The van der Waals surface area contributed by atoms with Gasteiger partial charge in [0.1, 0.15) is 0 Å². The predicted octanol–water partition coefficient (Wildman–Crippen LogP) is 2.42. The highest BCUT2D eigenvalue weighted by Gasteiger charge is 2.31. The Kier molecular flexibility index (Phi) is 3.61. The van der Waals surface area contributed by atoms with Crippen LogP contribution in [0.25, 0.3) is 0 Å². The topological polar surface area (TPSA) is 33.6 Å². The maximum atomic E-state index is 5.59. The number of rotatable bonds is 1. The van der Waals surface area contributed by atoms with Crippen molar-refractivity contribution in [1.29, 1.82) is 0 Å². The van der Waals surface area contributed by atoms with Gasteiger partial charge in [0.05, 0.1) is 18.2 Å². The molecule has 96 valence electrons. The largest absolute Gasteiger partial charge is 0.376 e. The van der Waals surface area contributed by atoms with Crippen LogP contribution >= 0.6 is 11.8 Å². The van der Waals surface area contributed by atoms with Crippen LogP contribution in [0.1, 0.15) is 39.0 Å². The quantitative estimate of drug-likeness (QED) is 0.780. The first kappa shape index (κ1) is 11.8. The summed E-state index contributed by atoms with van der Waals surface area (Å²) in [6.45, 7) is 3.05. The van der Waals surface area contributed by atoms with E-state index in [9.17, 15) is 0 Å². The molecule has 1 aliphatic carbocycles. The van der Waals surface area contributed by atoms with Crippen LogP contribution in [0.2, 0.25) is 0 Å². The SMILES string of the molecule is CC1OCCC1NC1=NC2CCCCC2CS1. The van der Waals surface area contributed by atoms with Crippen LogP contribution in [0.5, 0.6) is 0 Å². The van der Waals surface area contributed by atoms with Gasteiger partial charge < -0.3 is 10.1 Å². The fourth-order valence-corrected chi connectivity index (χ4v) is 4.29. The molecule has 4 unspecified atom stereocenters. The Bertz CT molecular complexity index is 308. The number of hydrogen-bond acceptors (Lipinski definition) is 4. The molecular formula is C13H22N2OS. The lowest BCUT2D eigenvalue weighted by Gasteiger charge is -2.33. The second kappa shape index (κ2) is 5.19. The first-order valence-corrected chi connectivity index (χ1v) is 7.90. The van der Waals surface area contributed by atoms with Crippen LogP contribution in [-0.4, -0.2) is 35.7 Å². The number of nitrogens with zero attached hydrogens (tertiary/aromatic N) is 1. The molecule has 3 rings (SSSR count).